The van der Waals surface area contributed by atoms with Gasteiger partial charge in [-0.15, -0.1) is 11.3 Å². The molecule has 0 saturated carbocycles. The van der Waals surface area contributed by atoms with Gasteiger partial charge < -0.3 is 10.2 Å². The Balaban J connectivity index is 1.52. The van der Waals surface area contributed by atoms with Crippen molar-refractivity contribution >= 4 is 46.4 Å². The number of aromatic nitrogens is 2. The molecule has 0 aromatic carbocycles. The van der Waals surface area contributed by atoms with Gasteiger partial charge in [-0.2, -0.15) is 8.75 Å². The fourth-order valence-electron chi connectivity index (χ4n) is 2.24. The number of nitrogens with one attached hydrogen (secondary N) is 1. The monoisotopic (exact) mass is 328 g/mol. The quantitative estimate of drug-likeness (QED) is 0.941. The van der Waals surface area contributed by atoms with Gasteiger partial charge in [-0.05, 0) is 25.0 Å². The minimum atomic E-state index is -0.0318. The van der Waals surface area contributed by atoms with Gasteiger partial charge in [0.05, 0.1) is 27.1 Å². The molecule has 0 aliphatic carbocycles. The topological polar surface area (TPSA) is 58.1 Å². The van der Waals surface area contributed by atoms with Crippen LogP contribution in [0.25, 0.3) is 0 Å². The van der Waals surface area contributed by atoms with Crippen LogP contribution < -0.4 is 10.2 Å². The molecule has 1 aliphatic rings. The van der Waals surface area contributed by atoms with Crippen LogP contribution in [0.4, 0.5) is 5.82 Å². The Hall–Kier alpha value is -1.18. The molecule has 1 fully saturated rings. The molecule has 106 valence electrons. The molecule has 1 amide bonds. The number of thiophene rings is 1. The smallest absolute Gasteiger partial charge is 0.261 e. The van der Waals surface area contributed by atoms with E-state index >= 15 is 0 Å². The summed E-state index contributed by atoms with van der Waals surface area (Å²) in [7, 11) is 0. The highest BCUT2D eigenvalue weighted by Crippen LogP contribution is 2.22. The number of amides is 1. The van der Waals surface area contributed by atoms with Crippen molar-refractivity contribution < 1.29 is 4.79 Å². The third-order valence-corrected chi connectivity index (χ3v) is 5.00. The molecule has 1 aliphatic heterocycles. The first-order chi connectivity index (χ1) is 9.72. The molecule has 20 heavy (non-hydrogen) atoms. The van der Waals surface area contributed by atoms with Gasteiger partial charge in [0.15, 0.2) is 5.82 Å². The molecule has 5 nitrogen and oxygen atoms in total. The number of carbonyl (C=O) groups excluding carboxylic acids is 1. The van der Waals surface area contributed by atoms with E-state index in [9.17, 15) is 4.79 Å². The molecule has 8 heteroatoms. The largest absolute Gasteiger partial charge is 0.354 e. The number of carbonyl (C=O) groups is 1. The molecule has 3 rings (SSSR count). The molecule has 1 saturated heterocycles. The molecule has 0 atom stereocenters. The molecule has 1 N–H and O–H groups in total. The second-order valence-corrected chi connectivity index (χ2v) is 6.88. The Labute approximate surface area is 129 Å². The van der Waals surface area contributed by atoms with E-state index in [1.165, 1.54) is 23.1 Å². The molecule has 0 bridgehead atoms. The molecular formula is C12H13ClN4OS2. The van der Waals surface area contributed by atoms with Crippen molar-refractivity contribution in [2.24, 2.45) is 0 Å². The van der Waals surface area contributed by atoms with E-state index in [-0.39, 0.29) is 11.9 Å². The lowest BCUT2D eigenvalue weighted by molar-refractivity contribution is 0.0935. The summed E-state index contributed by atoms with van der Waals surface area (Å²) in [6.45, 7) is 1.78. The zero-order valence-electron chi connectivity index (χ0n) is 10.6. The number of hydrogen-bond donors (Lipinski definition) is 1. The number of rotatable bonds is 3. The minimum Gasteiger partial charge on any atom is -0.354 e. The van der Waals surface area contributed by atoms with E-state index in [1.807, 2.05) is 0 Å². The van der Waals surface area contributed by atoms with Crippen molar-refractivity contribution in [2.75, 3.05) is 18.0 Å². The van der Waals surface area contributed by atoms with Gasteiger partial charge in [-0.25, -0.2) is 0 Å². The standard InChI is InChI=1S/C12H13ClN4OS2/c13-10-2-1-9(19-10)12(18)15-8-3-5-17(6-4-8)11-7-14-20-16-11/h1-2,7-8H,3-6H2,(H,15,18). The predicted molar refractivity (Wildman–Crippen MR) is 81.9 cm³/mol. The second kappa shape index (κ2) is 6.07. The van der Waals surface area contributed by atoms with E-state index in [0.717, 1.165) is 31.7 Å². The SMILES string of the molecule is O=C(NC1CCN(c2cnsn2)CC1)c1ccc(Cl)s1. The molecule has 3 heterocycles. The van der Waals surface area contributed by atoms with Crippen molar-refractivity contribution in [1.29, 1.82) is 0 Å². The zero-order chi connectivity index (χ0) is 13.9. The minimum absolute atomic E-state index is 0.0318. The third-order valence-electron chi connectivity index (χ3n) is 3.30. The van der Waals surface area contributed by atoms with Crippen LogP contribution in [-0.2, 0) is 0 Å². The third kappa shape index (κ3) is 3.11. The summed E-state index contributed by atoms with van der Waals surface area (Å²) in [5.41, 5.74) is 0. The van der Waals surface area contributed by atoms with E-state index in [0.29, 0.717) is 9.21 Å². The first-order valence-electron chi connectivity index (χ1n) is 6.31. The highest BCUT2D eigenvalue weighted by atomic mass is 35.5. The lowest BCUT2D eigenvalue weighted by atomic mass is 10.1. The first kappa shape index (κ1) is 13.8. The van der Waals surface area contributed by atoms with E-state index in [4.69, 9.17) is 11.6 Å². The fraction of sp³-hybridized carbons (Fsp3) is 0.417. The van der Waals surface area contributed by atoms with Crippen LogP contribution in [0, 0.1) is 0 Å². The van der Waals surface area contributed by atoms with Crippen LogP contribution in [0.5, 0.6) is 0 Å². The molecule has 0 unspecified atom stereocenters. The fourth-order valence-corrected chi connectivity index (χ4v) is 3.63. The van der Waals surface area contributed by atoms with E-state index < -0.39 is 0 Å². The maximum Gasteiger partial charge on any atom is 0.261 e. The Morgan fingerprint density at radius 3 is 2.80 bits per heavy atom. The number of hydrogen-bond acceptors (Lipinski definition) is 6. The van der Waals surface area contributed by atoms with Gasteiger partial charge in [0.1, 0.15) is 0 Å². The van der Waals surface area contributed by atoms with Crippen LogP contribution in [0.1, 0.15) is 22.5 Å². The lowest BCUT2D eigenvalue weighted by Gasteiger charge is -2.32. The van der Waals surface area contributed by atoms with E-state index in [2.05, 4.69) is 19.0 Å². The van der Waals surface area contributed by atoms with Gasteiger partial charge in [0.2, 0.25) is 0 Å². The Bertz CT molecular complexity index is 578. The zero-order valence-corrected chi connectivity index (χ0v) is 13.0. The number of anilines is 1. The average Bonchev–Trinajstić information content (AvgIpc) is 3.10. The van der Waals surface area contributed by atoms with Crippen LogP contribution in [0.3, 0.4) is 0 Å². The summed E-state index contributed by atoms with van der Waals surface area (Å²) in [5, 5.41) is 3.07. The van der Waals surface area contributed by atoms with Crippen molar-refractivity contribution in [3.05, 3.63) is 27.5 Å². The summed E-state index contributed by atoms with van der Waals surface area (Å²) >= 11 is 8.37. The maximum absolute atomic E-state index is 12.0. The second-order valence-electron chi connectivity index (χ2n) is 4.60. The molecule has 0 spiro atoms. The van der Waals surface area contributed by atoms with Crippen molar-refractivity contribution in [3.63, 3.8) is 0 Å². The average molecular weight is 329 g/mol. The van der Waals surface area contributed by atoms with Crippen molar-refractivity contribution in [1.82, 2.24) is 14.1 Å². The van der Waals surface area contributed by atoms with E-state index in [1.54, 1.807) is 18.3 Å². The van der Waals surface area contributed by atoms with Crippen LogP contribution in [0.2, 0.25) is 4.34 Å². The molecule has 2 aromatic rings. The van der Waals surface area contributed by atoms with Crippen molar-refractivity contribution in [2.45, 2.75) is 18.9 Å². The van der Waals surface area contributed by atoms with Crippen molar-refractivity contribution in [3.8, 4) is 0 Å². The van der Waals surface area contributed by atoms with Crippen LogP contribution in [0.15, 0.2) is 18.3 Å². The van der Waals surface area contributed by atoms with Gasteiger partial charge in [0.25, 0.3) is 5.91 Å². The highest BCUT2D eigenvalue weighted by Gasteiger charge is 2.22. The predicted octanol–water partition coefficient (Wildman–Crippen LogP) is 2.65. The first-order valence-corrected chi connectivity index (χ1v) is 8.23. The van der Waals surface area contributed by atoms with Gasteiger partial charge >= 0.3 is 0 Å². The Morgan fingerprint density at radius 1 is 1.40 bits per heavy atom. The summed E-state index contributed by atoms with van der Waals surface area (Å²) in [6.07, 6.45) is 3.63. The molecule has 0 radical (unpaired) electrons. The summed E-state index contributed by atoms with van der Waals surface area (Å²) < 4.78 is 8.89. The Kier molecular flexibility index (Phi) is 4.18. The maximum atomic E-state index is 12.0. The summed E-state index contributed by atoms with van der Waals surface area (Å²) in [5.74, 6) is 0.903. The number of halogens is 1. The van der Waals surface area contributed by atoms with Crippen LogP contribution in [-0.4, -0.2) is 33.8 Å². The Morgan fingerprint density at radius 2 is 2.20 bits per heavy atom. The summed E-state index contributed by atoms with van der Waals surface area (Å²) in [4.78, 5) is 14.9. The number of piperidine rings is 1. The highest BCUT2D eigenvalue weighted by molar-refractivity contribution is 7.18. The normalized spacial score (nSPS) is 16.4. The molecule has 2 aromatic heterocycles. The van der Waals surface area contributed by atoms with Gasteiger partial charge in [0, 0.05) is 19.1 Å². The number of nitrogens with zero attached hydrogens (tertiary/aromatic N) is 3. The summed E-state index contributed by atoms with van der Waals surface area (Å²) in [6, 6.07) is 3.73. The lowest BCUT2D eigenvalue weighted by Crippen LogP contribution is -2.44. The molecular weight excluding hydrogens is 316 g/mol. The van der Waals surface area contributed by atoms with Gasteiger partial charge in [-0.1, -0.05) is 11.6 Å². The van der Waals surface area contributed by atoms with Crippen LogP contribution >= 0.6 is 34.7 Å². The van der Waals surface area contributed by atoms with Gasteiger partial charge in [-0.3, -0.25) is 4.79 Å².